The van der Waals surface area contributed by atoms with Crippen LogP contribution in [-0.4, -0.2) is 171 Å². The van der Waals surface area contributed by atoms with Crippen LogP contribution in [-0.2, 0) is 71.2 Å². The second-order valence-electron chi connectivity index (χ2n) is 12.9. The van der Waals surface area contributed by atoms with Crippen molar-refractivity contribution in [1.82, 2.24) is 0 Å². The summed E-state index contributed by atoms with van der Waals surface area (Å²) >= 11 is 0. The number of esters is 2. The SMILES string of the molecule is CCCCCCCCC(=O)OCCOCCOCCOCCOCCOCCOCCOCCOCCOCCOCCOCCOC(=O)C(CC)CCCC. The summed E-state index contributed by atoms with van der Waals surface area (Å²) in [5.41, 5.74) is 0. The van der Waals surface area contributed by atoms with Crippen LogP contribution in [0.2, 0.25) is 0 Å². The first kappa shape index (κ1) is 54.5. The van der Waals surface area contributed by atoms with Crippen LogP contribution in [0.4, 0.5) is 0 Å². The van der Waals surface area contributed by atoms with E-state index in [-0.39, 0.29) is 31.1 Å². The van der Waals surface area contributed by atoms with Crippen LogP contribution in [0.5, 0.6) is 0 Å². The van der Waals surface area contributed by atoms with Crippen molar-refractivity contribution in [2.24, 2.45) is 5.92 Å². The van der Waals surface area contributed by atoms with Crippen LogP contribution < -0.4 is 0 Å². The minimum absolute atomic E-state index is 0.00780. The van der Waals surface area contributed by atoms with Crippen molar-refractivity contribution in [3.8, 4) is 0 Å². The number of ether oxygens (including phenoxy) is 13. The van der Waals surface area contributed by atoms with Gasteiger partial charge < -0.3 is 61.6 Å². The van der Waals surface area contributed by atoms with Gasteiger partial charge >= 0.3 is 11.9 Å². The molecule has 0 aliphatic rings. The molecule has 0 fully saturated rings. The van der Waals surface area contributed by atoms with Crippen molar-refractivity contribution in [3.05, 3.63) is 0 Å². The molecule has 56 heavy (non-hydrogen) atoms. The Hall–Kier alpha value is -1.50. The smallest absolute Gasteiger partial charge is 0.308 e. The minimum atomic E-state index is -0.147. The van der Waals surface area contributed by atoms with Crippen LogP contribution in [0.25, 0.3) is 0 Å². The second-order valence-corrected chi connectivity index (χ2v) is 12.9. The number of rotatable bonds is 48. The summed E-state index contributed by atoms with van der Waals surface area (Å²) in [6.07, 6.45) is 11.2. The van der Waals surface area contributed by atoms with Crippen molar-refractivity contribution < 1.29 is 71.2 Å². The largest absolute Gasteiger partial charge is 0.463 e. The Labute approximate surface area is 338 Å². The number of carbonyl (C=O) groups excluding carboxylic acids is 2. The third-order valence-electron chi connectivity index (χ3n) is 8.15. The number of carbonyl (C=O) groups is 2. The molecule has 15 heteroatoms. The quantitative estimate of drug-likeness (QED) is 0.0582. The summed E-state index contributed by atoms with van der Waals surface area (Å²) in [6.45, 7) is 17.2. The summed E-state index contributed by atoms with van der Waals surface area (Å²) < 4.78 is 70.8. The van der Waals surface area contributed by atoms with E-state index in [4.69, 9.17) is 61.6 Å². The molecule has 0 rings (SSSR count). The lowest BCUT2D eigenvalue weighted by Gasteiger charge is -2.13. The Morgan fingerprint density at radius 2 is 0.625 bits per heavy atom. The number of hydrogen-bond acceptors (Lipinski definition) is 15. The monoisotopic (exact) mass is 813 g/mol. The second kappa shape index (κ2) is 47.9. The third kappa shape index (κ3) is 43.6. The summed E-state index contributed by atoms with van der Waals surface area (Å²) in [6, 6.07) is 0. The van der Waals surface area contributed by atoms with Crippen LogP contribution in [0.15, 0.2) is 0 Å². The van der Waals surface area contributed by atoms with Crippen LogP contribution >= 0.6 is 0 Å². The fraction of sp³-hybridized carbons (Fsp3) is 0.951. The van der Waals surface area contributed by atoms with Gasteiger partial charge in [0, 0.05) is 6.42 Å². The zero-order chi connectivity index (χ0) is 40.7. The fourth-order valence-corrected chi connectivity index (χ4v) is 4.90. The Bertz CT molecular complexity index is 792. The zero-order valence-electron chi connectivity index (χ0n) is 35.4. The molecule has 0 radical (unpaired) electrons. The first-order chi connectivity index (χ1) is 27.7. The van der Waals surface area contributed by atoms with E-state index in [9.17, 15) is 9.59 Å². The van der Waals surface area contributed by atoms with E-state index >= 15 is 0 Å². The van der Waals surface area contributed by atoms with Gasteiger partial charge in [0.25, 0.3) is 0 Å². The summed E-state index contributed by atoms with van der Waals surface area (Å²) in [4.78, 5) is 23.7. The molecule has 334 valence electrons. The average Bonchev–Trinajstić information content (AvgIpc) is 3.20. The Balaban J connectivity index is 3.16. The van der Waals surface area contributed by atoms with E-state index in [0.29, 0.717) is 152 Å². The lowest BCUT2D eigenvalue weighted by Crippen LogP contribution is -2.20. The van der Waals surface area contributed by atoms with Gasteiger partial charge in [-0.1, -0.05) is 65.7 Å². The summed E-state index contributed by atoms with van der Waals surface area (Å²) in [7, 11) is 0. The maximum absolute atomic E-state index is 12.0. The van der Waals surface area contributed by atoms with E-state index in [1.54, 1.807) is 0 Å². The molecule has 0 bridgehead atoms. The van der Waals surface area contributed by atoms with Gasteiger partial charge in [-0.15, -0.1) is 0 Å². The van der Waals surface area contributed by atoms with E-state index in [1.807, 2.05) is 6.92 Å². The Morgan fingerprint density at radius 1 is 0.339 bits per heavy atom. The fourth-order valence-electron chi connectivity index (χ4n) is 4.90. The third-order valence-corrected chi connectivity index (χ3v) is 8.15. The molecule has 0 aliphatic heterocycles. The highest BCUT2D eigenvalue weighted by Crippen LogP contribution is 2.14. The van der Waals surface area contributed by atoms with Crippen LogP contribution in [0, 0.1) is 5.92 Å². The molecule has 0 aromatic rings. The maximum atomic E-state index is 12.0. The highest BCUT2D eigenvalue weighted by atomic mass is 16.6. The molecule has 0 heterocycles. The van der Waals surface area contributed by atoms with Gasteiger partial charge in [-0.3, -0.25) is 9.59 Å². The standard InChI is InChI=1S/C41H80O15/c1-4-7-9-10-11-12-14-40(42)55-37-35-53-33-31-51-29-27-49-25-23-47-21-19-45-17-15-44-16-18-46-20-22-48-24-26-50-28-30-52-32-34-54-36-38-56-41(43)39(6-3)13-8-5-2/h39H,4-38H2,1-3H3. The van der Waals surface area contributed by atoms with Crippen LogP contribution in [0.1, 0.15) is 91.4 Å². The topological polar surface area (TPSA) is 154 Å². The molecule has 1 unspecified atom stereocenters. The van der Waals surface area contributed by atoms with Gasteiger partial charge in [-0.05, 0) is 19.3 Å². The van der Waals surface area contributed by atoms with Gasteiger partial charge in [0.15, 0.2) is 0 Å². The molecular formula is C41H80O15. The number of unbranched alkanes of at least 4 members (excludes halogenated alkanes) is 6. The highest BCUT2D eigenvalue weighted by Gasteiger charge is 2.17. The first-order valence-corrected chi connectivity index (χ1v) is 21.3. The molecule has 0 saturated heterocycles. The van der Waals surface area contributed by atoms with Gasteiger partial charge in [0.1, 0.15) is 13.2 Å². The zero-order valence-corrected chi connectivity index (χ0v) is 35.4. The van der Waals surface area contributed by atoms with E-state index < -0.39 is 0 Å². The first-order valence-electron chi connectivity index (χ1n) is 21.3. The average molecular weight is 813 g/mol. The van der Waals surface area contributed by atoms with Gasteiger partial charge in [0.05, 0.1) is 151 Å². The molecule has 0 aromatic heterocycles. The molecule has 15 nitrogen and oxygen atoms in total. The van der Waals surface area contributed by atoms with Gasteiger partial charge in [-0.2, -0.15) is 0 Å². The molecule has 0 amide bonds. The lowest BCUT2D eigenvalue weighted by molar-refractivity contribution is -0.150. The van der Waals surface area contributed by atoms with Crippen molar-refractivity contribution in [3.63, 3.8) is 0 Å². The predicted octanol–water partition coefficient (Wildman–Crippen LogP) is 5.22. The van der Waals surface area contributed by atoms with Crippen molar-refractivity contribution in [2.75, 3.05) is 159 Å². The molecular weight excluding hydrogens is 732 g/mol. The molecule has 0 aromatic carbocycles. The van der Waals surface area contributed by atoms with E-state index in [2.05, 4.69) is 13.8 Å². The lowest BCUT2D eigenvalue weighted by atomic mass is 10.00. The Kier molecular flexibility index (Phi) is 46.6. The normalized spacial score (nSPS) is 12.0. The van der Waals surface area contributed by atoms with Gasteiger partial charge in [0.2, 0.25) is 0 Å². The molecule has 0 spiro atoms. The molecule has 1 atom stereocenters. The minimum Gasteiger partial charge on any atom is -0.463 e. The van der Waals surface area contributed by atoms with Crippen molar-refractivity contribution in [1.29, 1.82) is 0 Å². The van der Waals surface area contributed by atoms with E-state index in [0.717, 1.165) is 38.5 Å². The predicted molar refractivity (Wildman–Crippen MR) is 212 cm³/mol. The van der Waals surface area contributed by atoms with Crippen molar-refractivity contribution in [2.45, 2.75) is 91.4 Å². The maximum Gasteiger partial charge on any atom is 0.308 e. The van der Waals surface area contributed by atoms with Gasteiger partial charge in [-0.25, -0.2) is 0 Å². The molecule has 0 aliphatic carbocycles. The summed E-state index contributed by atoms with van der Waals surface area (Å²) in [5.74, 6) is -0.278. The molecule has 0 N–H and O–H groups in total. The number of hydrogen-bond donors (Lipinski definition) is 0. The van der Waals surface area contributed by atoms with E-state index in [1.165, 1.54) is 25.7 Å². The highest BCUT2D eigenvalue weighted by molar-refractivity contribution is 5.72. The Morgan fingerprint density at radius 3 is 0.946 bits per heavy atom. The van der Waals surface area contributed by atoms with Crippen LogP contribution in [0.3, 0.4) is 0 Å². The molecule has 0 saturated carbocycles. The van der Waals surface area contributed by atoms with Crippen molar-refractivity contribution >= 4 is 11.9 Å². The summed E-state index contributed by atoms with van der Waals surface area (Å²) in [5, 5.41) is 0.